The second kappa shape index (κ2) is 8.52. The van der Waals surface area contributed by atoms with E-state index in [1.165, 1.54) is 17.8 Å². The van der Waals surface area contributed by atoms with Gasteiger partial charge in [-0.2, -0.15) is 0 Å². The zero-order valence-electron chi connectivity index (χ0n) is 15.0. The van der Waals surface area contributed by atoms with Crippen LogP contribution < -0.4 is 5.56 Å². The van der Waals surface area contributed by atoms with E-state index in [2.05, 4.69) is 41.2 Å². The Hall–Kier alpha value is -2.11. The molecule has 1 fully saturated rings. The lowest BCUT2D eigenvalue weighted by Crippen LogP contribution is -2.49. The number of carbonyl (C=O) groups is 1. The summed E-state index contributed by atoms with van der Waals surface area (Å²) in [6, 6.07) is 12.2. The maximum Gasteiger partial charge on any atom is 0.266 e. The summed E-state index contributed by atoms with van der Waals surface area (Å²) in [6.45, 7) is 2.39. The van der Waals surface area contributed by atoms with Crippen LogP contribution in [0.1, 0.15) is 28.8 Å². The summed E-state index contributed by atoms with van der Waals surface area (Å²) in [5.74, 6) is -0.0793. The van der Waals surface area contributed by atoms with E-state index in [0.717, 1.165) is 32.4 Å². The van der Waals surface area contributed by atoms with Crippen molar-refractivity contribution in [3.8, 4) is 0 Å². The Balaban J connectivity index is 1.60. The van der Waals surface area contributed by atoms with Gasteiger partial charge in [0.2, 0.25) is 0 Å². The molecule has 1 saturated heterocycles. The van der Waals surface area contributed by atoms with Gasteiger partial charge in [-0.15, -0.1) is 0 Å². The number of likely N-dealkylation sites (N-methyl/N-ethyl adjacent to an activating group) is 1. The number of H-pyrrole nitrogens is 1. The third-order valence-corrected chi connectivity index (χ3v) is 5.29. The molecule has 138 valence electrons. The molecule has 0 radical (unpaired) electrons. The largest absolute Gasteiger partial charge is 0.337 e. The minimum atomic E-state index is -0.375. The summed E-state index contributed by atoms with van der Waals surface area (Å²) in [6.07, 6.45) is 4.50. The highest BCUT2D eigenvalue weighted by atomic mass is 35.5. The molecule has 2 aromatic rings. The summed E-state index contributed by atoms with van der Waals surface area (Å²) in [5, 5.41) is 0.0457. The Morgan fingerprint density at radius 3 is 2.85 bits per heavy atom. The summed E-state index contributed by atoms with van der Waals surface area (Å²) < 4.78 is 0. The smallest absolute Gasteiger partial charge is 0.266 e. The molecule has 1 aromatic carbocycles. The van der Waals surface area contributed by atoms with E-state index in [4.69, 9.17) is 11.6 Å². The van der Waals surface area contributed by atoms with Gasteiger partial charge in [0.15, 0.2) is 0 Å². The number of aromatic nitrogens is 1. The van der Waals surface area contributed by atoms with Crippen molar-refractivity contribution in [3.05, 3.63) is 69.1 Å². The van der Waals surface area contributed by atoms with Crippen LogP contribution in [0, 0.1) is 0 Å². The average molecular weight is 374 g/mol. The van der Waals surface area contributed by atoms with Gasteiger partial charge in [-0.1, -0.05) is 41.9 Å². The minimum absolute atomic E-state index is 0.0457. The molecular weight excluding hydrogens is 350 g/mol. The Bertz CT molecular complexity index is 806. The summed E-state index contributed by atoms with van der Waals surface area (Å²) in [7, 11) is 2.12. The third kappa shape index (κ3) is 4.54. The van der Waals surface area contributed by atoms with E-state index in [-0.39, 0.29) is 16.5 Å². The van der Waals surface area contributed by atoms with Gasteiger partial charge < -0.3 is 14.8 Å². The van der Waals surface area contributed by atoms with Crippen molar-refractivity contribution in [3.63, 3.8) is 0 Å². The number of nitrogens with one attached hydrogen (secondary N) is 1. The number of hydrogen-bond acceptors (Lipinski definition) is 3. The fraction of sp³-hybridized carbons (Fsp3) is 0.400. The predicted molar refractivity (Wildman–Crippen MR) is 104 cm³/mol. The number of hydrogen-bond donors (Lipinski definition) is 1. The molecule has 5 nitrogen and oxygen atoms in total. The van der Waals surface area contributed by atoms with E-state index < -0.39 is 0 Å². The van der Waals surface area contributed by atoms with Gasteiger partial charge in [0.05, 0.1) is 5.56 Å². The van der Waals surface area contributed by atoms with E-state index >= 15 is 0 Å². The lowest BCUT2D eigenvalue weighted by atomic mass is 10.0. The number of halogens is 1. The molecule has 1 aliphatic heterocycles. The molecule has 0 unspecified atom stereocenters. The predicted octanol–water partition coefficient (Wildman–Crippen LogP) is 2.81. The van der Waals surface area contributed by atoms with Crippen molar-refractivity contribution in [1.29, 1.82) is 0 Å². The minimum Gasteiger partial charge on any atom is -0.337 e. The van der Waals surface area contributed by atoms with Gasteiger partial charge in [-0.3, -0.25) is 9.59 Å². The topological polar surface area (TPSA) is 56.4 Å². The van der Waals surface area contributed by atoms with Gasteiger partial charge in [-0.25, -0.2) is 0 Å². The number of likely N-dealkylation sites (tertiary alicyclic amines) is 1. The first-order valence-corrected chi connectivity index (χ1v) is 9.34. The second-order valence-electron chi connectivity index (χ2n) is 6.83. The summed E-state index contributed by atoms with van der Waals surface area (Å²) in [5.41, 5.74) is 1.38. The van der Waals surface area contributed by atoms with Crippen molar-refractivity contribution in [1.82, 2.24) is 14.8 Å². The quantitative estimate of drug-likeness (QED) is 0.876. The highest BCUT2D eigenvalue weighted by molar-refractivity contribution is 6.30. The van der Waals surface area contributed by atoms with Crippen LogP contribution in [0.4, 0.5) is 0 Å². The molecule has 1 amide bonds. The van der Waals surface area contributed by atoms with E-state index in [1.54, 1.807) is 0 Å². The van der Waals surface area contributed by atoms with Crippen molar-refractivity contribution < 1.29 is 4.79 Å². The number of rotatable bonds is 5. The van der Waals surface area contributed by atoms with E-state index in [0.29, 0.717) is 18.2 Å². The van der Waals surface area contributed by atoms with Gasteiger partial charge >= 0.3 is 0 Å². The summed E-state index contributed by atoms with van der Waals surface area (Å²) >= 11 is 5.85. The van der Waals surface area contributed by atoms with Crippen molar-refractivity contribution >= 4 is 17.5 Å². The molecule has 1 aromatic heterocycles. The number of nitrogens with zero attached hydrogens (tertiary/aromatic N) is 2. The first-order valence-electron chi connectivity index (χ1n) is 8.96. The average Bonchev–Trinajstić information content (AvgIpc) is 2.68. The normalized spacial score (nSPS) is 17.5. The Morgan fingerprint density at radius 1 is 1.35 bits per heavy atom. The number of pyridine rings is 1. The molecule has 0 bridgehead atoms. The summed E-state index contributed by atoms with van der Waals surface area (Å²) in [4.78, 5) is 30.8. The van der Waals surface area contributed by atoms with Crippen molar-refractivity contribution in [2.75, 3.05) is 26.7 Å². The van der Waals surface area contributed by atoms with Crippen LogP contribution in [0.15, 0.2) is 47.4 Å². The highest BCUT2D eigenvalue weighted by Crippen LogP contribution is 2.18. The number of benzene rings is 1. The molecular formula is C20H24ClN3O2. The van der Waals surface area contributed by atoms with E-state index in [9.17, 15) is 9.59 Å². The molecule has 3 rings (SSSR count). The van der Waals surface area contributed by atoms with E-state index in [1.807, 2.05) is 11.0 Å². The highest BCUT2D eigenvalue weighted by Gasteiger charge is 2.27. The van der Waals surface area contributed by atoms with Gasteiger partial charge in [0, 0.05) is 31.9 Å². The lowest BCUT2D eigenvalue weighted by molar-refractivity contribution is 0.0611. The van der Waals surface area contributed by atoms with Crippen LogP contribution in [-0.2, 0) is 6.42 Å². The number of aromatic amines is 1. The molecule has 1 N–H and O–H groups in total. The van der Waals surface area contributed by atoms with Gasteiger partial charge in [-0.05, 0) is 37.9 Å². The molecule has 0 saturated carbocycles. The van der Waals surface area contributed by atoms with Crippen LogP contribution in [0.5, 0.6) is 0 Å². The van der Waals surface area contributed by atoms with Gasteiger partial charge in [0.1, 0.15) is 5.02 Å². The Labute approximate surface area is 158 Å². The molecule has 2 heterocycles. The fourth-order valence-electron chi connectivity index (χ4n) is 3.39. The molecule has 1 aliphatic rings. The standard InChI is InChI=1S/C20H24ClN3O2/c1-23(11-9-15-6-3-2-4-7-15)17-8-5-10-24(14-17)20(26)16-12-18(21)19(25)22-13-16/h2-4,6-7,12-13,17H,5,8-11,14H2,1H3,(H,22,25)/t17-/m1/s1. The van der Waals surface area contributed by atoms with Crippen LogP contribution in [0.2, 0.25) is 5.02 Å². The number of amides is 1. The maximum absolute atomic E-state index is 12.7. The first-order chi connectivity index (χ1) is 12.5. The second-order valence-corrected chi connectivity index (χ2v) is 7.24. The number of carbonyl (C=O) groups excluding carboxylic acids is 1. The SMILES string of the molecule is CN(CCc1ccccc1)[C@@H]1CCCN(C(=O)c2c[nH]c(=O)c(Cl)c2)C1. The first kappa shape index (κ1) is 18.7. The molecule has 0 spiro atoms. The zero-order chi connectivity index (χ0) is 18.5. The van der Waals surface area contributed by atoms with Crippen molar-refractivity contribution in [2.45, 2.75) is 25.3 Å². The Morgan fingerprint density at radius 2 is 2.12 bits per heavy atom. The number of piperidine rings is 1. The van der Waals surface area contributed by atoms with Crippen LogP contribution in [-0.4, -0.2) is 53.4 Å². The monoisotopic (exact) mass is 373 g/mol. The molecule has 6 heteroatoms. The molecule has 1 atom stereocenters. The fourth-order valence-corrected chi connectivity index (χ4v) is 3.57. The van der Waals surface area contributed by atoms with Crippen LogP contribution in [0.3, 0.4) is 0 Å². The molecule has 26 heavy (non-hydrogen) atoms. The zero-order valence-corrected chi connectivity index (χ0v) is 15.7. The maximum atomic E-state index is 12.7. The Kier molecular flexibility index (Phi) is 6.12. The van der Waals surface area contributed by atoms with Gasteiger partial charge in [0.25, 0.3) is 11.5 Å². The third-order valence-electron chi connectivity index (χ3n) is 5.01. The lowest BCUT2D eigenvalue weighted by Gasteiger charge is -2.37. The van der Waals surface area contributed by atoms with Crippen LogP contribution >= 0.6 is 11.6 Å². The van der Waals surface area contributed by atoms with Crippen molar-refractivity contribution in [2.24, 2.45) is 0 Å². The van der Waals surface area contributed by atoms with Crippen LogP contribution in [0.25, 0.3) is 0 Å². The molecule has 0 aliphatic carbocycles.